The van der Waals surface area contributed by atoms with E-state index < -0.39 is 7.14 Å². The van der Waals surface area contributed by atoms with Crippen LogP contribution in [0.4, 0.5) is 0 Å². The number of fused-ring (bicyclic) bond motifs is 6. The molecule has 60 heavy (non-hydrogen) atoms. The highest BCUT2D eigenvalue weighted by molar-refractivity contribution is 7.85. The van der Waals surface area contributed by atoms with Crippen LogP contribution in [0.2, 0.25) is 0 Å². The van der Waals surface area contributed by atoms with Gasteiger partial charge in [0.05, 0.1) is 33.6 Å². The van der Waals surface area contributed by atoms with Crippen molar-refractivity contribution >= 4 is 66.5 Å². The molecule has 11 aromatic rings. The molecule has 0 radical (unpaired) electrons. The highest BCUT2D eigenvalue weighted by Crippen LogP contribution is 2.45. The highest BCUT2D eigenvalue weighted by atomic mass is 31.2. The average molecular weight is 786 g/mol. The fraction of sp³-hybridized carbons (Fsp3) is 0. The summed E-state index contributed by atoms with van der Waals surface area (Å²) in [5.74, 6) is 0. The first kappa shape index (κ1) is 35.6. The maximum Gasteiger partial charge on any atom is 0.171 e. The molecule has 2 heterocycles. The van der Waals surface area contributed by atoms with E-state index in [9.17, 15) is 0 Å². The van der Waals surface area contributed by atoms with Crippen LogP contribution < -0.4 is 15.9 Å². The molecule has 0 unspecified atom stereocenters. The summed E-state index contributed by atoms with van der Waals surface area (Å²) in [6.07, 6.45) is 0. The third-order valence-electron chi connectivity index (χ3n) is 11.5. The average Bonchev–Trinajstić information content (AvgIpc) is 3.33. The molecule has 5 heteroatoms. The van der Waals surface area contributed by atoms with Crippen molar-refractivity contribution in [2.24, 2.45) is 0 Å². The maximum atomic E-state index is 15.4. The van der Waals surface area contributed by atoms with Crippen LogP contribution in [0, 0.1) is 0 Å². The lowest BCUT2D eigenvalue weighted by Gasteiger charge is -2.21. The molecule has 9 aromatic carbocycles. The van der Waals surface area contributed by atoms with Gasteiger partial charge in [-0.1, -0.05) is 200 Å². The van der Waals surface area contributed by atoms with E-state index in [1.807, 2.05) is 115 Å². The molecule has 0 fully saturated rings. The van der Waals surface area contributed by atoms with Gasteiger partial charge in [-0.15, -0.1) is 0 Å². The van der Waals surface area contributed by atoms with Gasteiger partial charge in [-0.3, -0.25) is 0 Å². The third kappa shape index (κ3) is 6.00. The Bertz CT molecular complexity index is 3390. The Morgan fingerprint density at radius 2 is 0.833 bits per heavy atom. The summed E-state index contributed by atoms with van der Waals surface area (Å²) in [6.45, 7) is 0. The van der Waals surface area contributed by atoms with E-state index in [1.54, 1.807) is 0 Å². The van der Waals surface area contributed by atoms with Crippen LogP contribution in [0.25, 0.3) is 88.4 Å². The molecule has 0 saturated heterocycles. The SMILES string of the molecule is O=P(c1ccccc1)(c1ccccc1)c1ccc(-c2cc3c(-c4ccc5ccccc5c4)nc4ccccc4c3c3nc(-c4ccccc4)c(-c4ccccc4)nc23)cc1. The Hall–Kier alpha value is -7.52. The van der Waals surface area contributed by atoms with Crippen LogP contribution in [0.3, 0.4) is 0 Å². The fourth-order valence-corrected chi connectivity index (χ4v) is 11.2. The fourth-order valence-electron chi connectivity index (χ4n) is 8.58. The number of hydrogen-bond acceptors (Lipinski definition) is 4. The molecule has 4 nitrogen and oxygen atoms in total. The Kier molecular flexibility index (Phi) is 8.73. The van der Waals surface area contributed by atoms with Crippen LogP contribution in [-0.4, -0.2) is 15.0 Å². The van der Waals surface area contributed by atoms with Crippen LogP contribution >= 0.6 is 7.14 Å². The van der Waals surface area contributed by atoms with Crippen LogP contribution in [-0.2, 0) is 4.57 Å². The highest BCUT2D eigenvalue weighted by Gasteiger charge is 2.30. The number of para-hydroxylation sites is 1. The van der Waals surface area contributed by atoms with E-state index in [0.717, 1.165) is 98.9 Å². The van der Waals surface area contributed by atoms with Crippen molar-refractivity contribution in [2.75, 3.05) is 0 Å². The molecule has 11 rings (SSSR count). The second kappa shape index (κ2) is 14.7. The summed E-state index contributed by atoms with van der Waals surface area (Å²) < 4.78 is 15.4. The summed E-state index contributed by atoms with van der Waals surface area (Å²) >= 11 is 0. The number of benzene rings is 9. The monoisotopic (exact) mass is 785 g/mol. The van der Waals surface area contributed by atoms with Crippen molar-refractivity contribution in [2.45, 2.75) is 0 Å². The maximum absolute atomic E-state index is 15.4. The zero-order valence-corrected chi connectivity index (χ0v) is 33.4. The van der Waals surface area contributed by atoms with E-state index in [1.165, 1.54) is 5.39 Å². The van der Waals surface area contributed by atoms with Crippen LogP contribution in [0.5, 0.6) is 0 Å². The van der Waals surface area contributed by atoms with Gasteiger partial charge in [-0.05, 0) is 34.5 Å². The summed E-state index contributed by atoms with van der Waals surface area (Å²) in [4.78, 5) is 16.7. The molecule has 0 aliphatic carbocycles. The van der Waals surface area contributed by atoms with Crippen LogP contribution in [0.15, 0.2) is 218 Å². The lowest BCUT2D eigenvalue weighted by Crippen LogP contribution is -2.24. The van der Waals surface area contributed by atoms with Crippen molar-refractivity contribution < 1.29 is 4.57 Å². The van der Waals surface area contributed by atoms with Gasteiger partial charge >= 0.3 is 0 Å². The Morgan fingerprint density at radius 1 is 0.333 bits per heavy atom. The molecule has 0 bridgehead atoms. The predicted molar refractivity (Wildman–Crippen MR) is 251 cm³/mol. The molecule has 0 aliphatic heterocycles. The molecular weight excluding hydrogens is 750 g/mol. The number of hydrogen-bond donors (Lipinski definition) is 0. The number of nitrogens with zero attached hydrogens (tertiary/aromatic N) is 3. The van der Waals surface area contributed by atoms with E-state index in [-0.39, 0.29) is 0 Å². The van der Waals surface area contributed by atoms with E-state index >= 15 is 4.57 Å². The number of aromatic nitrogens is 3. The van der Waals surface area contributed by atoms with Crippen LogP contribution in [0.1, 0.15) is 0 Å². The van der Waals surface area contributed by atoms with Crippen molar-refractivity contribution in [3.8, 4) is 44.9 Å². The number of pyridine rings is 1. The molecule has 282 valence electrons. The molecule has 0 atom stereocenters. The van der Waals surface area contributed by atoms with Gasteiger partial charge in [0.2, 0.25) is 0 Å². The normalized spacial score (nSPS) is 11.7. The zero-order valence-electron chi connectivity index (χ0n) is 32.5. The molecular formula is C55H36N3OP. The lowest BCUT2D eigenvalue weighted by atomic mass is 9.92. The Labute approximate surface area is 347 Å². The van der Waals surface area contributed by atoms with E-state index in [0.29, 0.717) is 0 Å². The summed E-state index contributed by atoms with van der Waals surface area (Å²) in [5, 5.41) is 7.67. The van der Waals surface area contributed by atoms with Gasteiger partial charge in [-0.2, -0.15) is 0 Å². The zero-order chi connectivity index (χ0) is 40.0. The number of rotatable bonds is 7. The minimum Gasteiger partial charge on any atom is -0.309 e. The summed E-state index contributed by atoms with van der Waals surface area (Å²) in [5.41, 5.74) is 9.80. The van der Waals surface area contributed by atoms with Crippen molar-refractivity contribution in [1.82, 2.24) is 15.0 Å². The third-order valence-corrected chi connectivity index (χ3v) is 14.6. The first-order chi connectivity index (χ1) is 29.6. The molecule has 0 aliphatic rings. The van der Waals surface area contributed by atoms with Gasteiger partial charge < -0.3 is 4.57 Å². The molecule has 2 aromatic heterocycles. The van der Waals surface area contributed by atoms with Crippen molar-refractivity contribution in [3.63, 3.8) is 0 Å². The van der Waals surface area contributed by atoms with Crippen molar-refractivity contribution in [3.05, 3.63) is 218 Å². The lowest BCUT2D eigenvalue weighted by molar-refractivity contribution is 0.592. The molecule has 0 spiro atoms. The van der Waals surface area contributed by atoms with E-state index in [2.05, 4.69) is 103 Å². The van der Waals surface area contributed by atoms with E-state index in [4.69, 9.17) is 15.0 Å². The topological polar surface area (TPSA) is 55.7 Å². The quantitative estimate of drug-likeness (QED) is 0.119. The molecule has 0 saturated carbocycles. The minimum atomic E-state index is -3.20. The van der Waals surface area contributed by atoms with Gasteiger partial charge in [0, 0.05) is 54.3 Å². The first-order valence-corrected chi connectivity index (χ1v) is 21.8. The largest absolute Gasteiger partial charge is 0.309 e. The van der Waals surface area contributed by atoms with Gasteiger partial charge in [0.1, 0.15) is 0 Å². The minimum absolute atomic E-state index is 0.765. The predicted octanol–water partition coefficient (Wildman–Crippen LogP) is 12.8. The van der Waals surface area contributed by atoms with Gasteiger partial charge in [0.25, 0.3) is 0 Å². The second-order valence-corrected chi connectivity index (χ2v) is 17.8. The summed E-state index contributed by atoms with van der Waals surface area (Å²) in [7, 11) is -3.20. The smallest absolute Gasteiger partial charge is 0.171 e. The Balaban J connectivity index is 1.24. The standard InChI is InChI=1S/C55H36N3OP/c59-60(43-23-9-3-10-24-43,44-25-11-4-12-26-44)45-33-31-38(32-34-45)47-36-48-50(46-27-15-16-28-49(46)56-51(48)42-30-29-37-17-13-14-22-41(37)35-42)55-54(47)57-52(39-18-5-1-6-19-39)53(58-55)40-20-7-2-8-21-40/h1-36H. The van der Waals surface area contributed by atoms with Gasteiger partial charge in [-0.25, -0.2) is 15.0 Å². The molecule has 0 N–H and O–H groups in total. The Morgan fingerprint density at radius 3 is 1.47 bits per heavy atom. The first-order valence-electron chi connectivity index (χ1n) is 20.1. The summed E-state index contributed by atoms with van der Waals surface area (Å²) in [6, 6.07) is 74.1. The van der Waals surface area contributed by atoms with Crippen molar-refractivity contribution in [1.29, 1.82) is 0 Å². The second-order valence-electron chi connectivity index (χ2n) is 15.1. The molecule has 0 amide bonds. The van der Waals surface area contributed by atoms with Gasteiger partial charge in [0.15, 0.2) is 7.14 Å².